The third kappa shape index (κ3) is 1.53. The fraction of sp³-hybridized carbons (Fsp3) is 0.286. The van der Waals surface area contributed by atoms with Gasteiger partial charge >= 0.3 is 0 Å². The quantitative estimate of drug-likeness (QED) is 0.555. The Labute approximate surface area is 78.1 Å². The summed E-state index contributed by atoms with van der Waals surface area (Å²) in [6.07, 6.45) is 5.07. The number of Topliss-reactive ketones (excluding diaryl/α,β-unsaturated/α-hetero) is 1. The van der Waals surface area contributed by atoms with Crippen molar-refractivity contribution in [2.75, 3.05) is 0 Å². The molecule has 1 aromatic rings. The van der Waals surface area contributed by atoms with E-state index in [0.717, 1.165) is 0 Å². The molecule has 0 N–H and O–H groups in total. The lowest BCUT2D eigenvalue weighted by Gasteiger charge is -1.95. The van der Waals surface area contributed by atoms with Crippen LogP contribution in [-0.4, -0.2) is 20.8 Å². The Balaban J connectivity index is 3.03. The second-order valence-corrected chi connectivity index (χ2v) is 2.91. The van der Waals surface area contributed by atoms with E-state index in [1.54, 1.807) is 7.05 Å². The Morgan fingerprint density at radius 3 is 2.92 bits per heavy atom. The zero-order valence-electron chi connectivity index (χ0n) is 6.41. The van der Waals surface area contributed by atoms with Crippen molar-refractivity contribution in [2.24, 2.45) is 7.05 Å². The minimum Gasteiger partial charge on any atom is -0.291 e. The number of hydrogen-bond acceptors (Lipinski definition) is 3. The Morgan fingerprint density at radius 2 is 2.50 bits per heavy atom. The van der Waals surface area contributed by atoms with E-state index in [9.17, 15) is 4.79 Å². The molecule has 1 rings (SSSR count). The average molecular weight is 228 g/mol. The minimum absolute atomic E-state index is 0.0693. The zero-order valence-corrected chi connectivity index (χ0v) is 8.00. The molecule has 1 aromatic heterocycles. The van der Waals surface area contributed by atoms with E-state index in [-0.39, 0.29) is 12.2 Å². The molecule has 4 nitrogen and oxygen atoms in total. The van der Waals surface area contributed by atoms with Gasteiger partial charge in [-0.1, -0.05) is 11.1 Å². The number of terminal acetylenes is 1. The van der Waals surface area contributed by atoms with Crippen LogP contribution in [0.15, 0.2) is 4.60 Å². The van der Waals surface area contributed by atoms with Crippen LogP contribution in [0.4, 0.5) is 0 Å². The number of nitrogens with zero attached hydrogens (tertiary/aromatic N) is 3. The number of aromatic nitrogens is 3. The van der Waals surface area contributed by atoms with Gasteiger partial charge in [-0.3, -0.25) is 4.79 Å². The molecule has 0 radical (unpaired) electrons. The number of carbonyl (C=O) groups excluding carboxylic acids is 1. The van der Waals surface area contributed by atoms with E-state index >= 15 is 0 Å². The second kappa shape index (κ2) is 3.50. The van der Waals surface area contributed by atoms with Crippen molar-refractivity contribution in [1.29, 1.82) is 0 Å². The summed E-state index contributed by atoms with van der Waals surface area (Å²) in [4.78, 5) is 11.3. The first-order chi connectivity index (χ1) is 5.66. The van der Waals surface area contributed by atoms with E-state index in [0.29, 0.717) is 10.3 Å². The van der Waals surface area contributed by atoms with Gasteiger partial charge in [0.2, 0.25) is 0 Å². The molecule has 12 heavy (non-hydrogen) atoms. The molecule has 0 unspecified atom stereocenters. The predicted molar refractivity (Wildman–Crippen MR) is 46.5 cm³/mol. The molecule has 0 aliphatic rings. The Hall–Kier alpha value is -1.15. The molecule has 0 aliphatic heterocycles. The van der Waals surface area contributed by atoms with E-state index < -0.39 is 0 Å². The summed E-state index contributed by atoms with van der Waals surface area (Å²) in [5.74, 6) is 2.12. The van der Waals surface area contributed by atoms with Gasteiger partial charge in [-0.25, -0.2) is 4.68 Å². The van der Waals surface area contributed by atoms with Crippen LogP contribution < -0.4 is 0 Å². The summed E-state index contributed by atoms with van der Waals surface area (Å²) in [7, 11) is 1.64. The molecular weight excluding hydrogens is 222 g/mol. The van der Waals surface area contributed by atoms with Crippen LogP contribution in [0, 0.1) is 12.3 Å². The highest BCUT2D eigenvalue weighted by molar-refractivity contribution is 9.10. The highest BCUT2D eigenvalue weighted by Crippen LogP contribution is 2.13. The smallest absolute Gasteiger partial charge is 0.195 e. The molecule has 5 heteroatoms. The number of carbonyl (C=O) groups is 1. The molecule has 0 fully saturated rings. The summed E-state index contributed by atoms with van der Waals surface area (Å²) in [6.45, 7) is 0. The van der Waals surface area contributed by atoms with Gasteiger partial charge in [0.1, 0.15) is 5.69 Å². The molecular formula is C7H6BrN3O. The minimum atomic E-state index is -0.156. The third-order valence-corrected chi connectivity index (χ3v) is 1.85. The summed E-state index contributed by atoms with van der Waals surface area (Å²) in [5, 5.41) is 7.31. The van der Waals surface area contributed by atoms with Crippen LogP contribution in [0.25, 0.3) is 0 Å². The van der Waals surface area contributed by atoms with Crippen molar-refractivity contribution in [3.8, 4) is 12.3 Å². The maximum Gasteiger partial charge on any atom is 0.195 e. The second-order valence-electron chi connectivity index (χ2n) is 2.16. The van der Waals surface area contributed by atoms with Gasteiger partial charge in [-0.15, -0.1) is 11.5 Å². The van der Waals surface area contributed by atoms with Gasteiger partial charge in [0.25, 0.3) is 0 Å². The summed E-state index contributed by atoms with van der Waals surface area (Å²) < 4.78 is 1.83. The van der Waals surface area contributed by atoms with Crippen LogP contribution in [-0.2, 0) is 7.05 Å². The van der Waals surface area contributed by atoms with Gasteiger partial charge < -0.3 is 0 Å². The highest BCUT2D eigenvalue weighted by Gasteiger charge is 2.14. The number of aryl methyl sites for hydroxylation is 1. The molecule has 0 atom stereocenters. The lowest BCUT2D eigenvalue weighted by molar-refractivity contribution is 0.0988. The van der Waals surface area contributed by atoms with Crippen molar-refractivity contribution in [2.45, 2.75) is 6.42 Å². The SMILES string of the molecule is C#CCC(=O)c1c(Br)nnn1C. The fourth-order valence-corrected chi connectivity index (χ4v) is 1.35. The molecule has 1 heterocycles. The topological polar surface area (TPSA) is 47.8 Å². The van der Waals surface area contributed by atoms with Crippen molar-refractivity contribution in [3.63, 3.8) is 0 Å². The Morgan fingerprint density at radius 1 is 1.83 bits per heavy atom. The lowest BCUT2D eigenvalue weighted by atomic mass is 10.2. The van der Waals surface area contributed by atoms with Crippen molar-refractivity contribution < 1.29 is 4.79 Å². The van der Waals surface area contributed by atoms with Crippen molar-refractivity contribution in [1.82, 2.24) is 15.0 Å². The summed E-state index contributed by atoms with van der Waals surface area (Å²) in [5.41, 5.74) is 0.410. The van der Waals surface area contributed by atoms with Gasteiger partial charge in [-0.2, -0.15) is 0 Å². The molecule has 0 aromatic carbocycles. The molecule has 0 aliphatic carbocycles. The molecule has 0 saturated heterocycles. The summed E-state index contributed by atoms with van der Waals surface area (Å²) >= 11 is 3.10. The maximum absolute atomic E-state index is 11.3. The summed E-state index contributed by atoms with van der Waals surface area (Å²) in [6, 6.07) is 0. The van der Waals surface area contributed by atoms with Gasteiger partial charge in [-0.05, 0) is 15.9 Å². The first-order valence-corrected chi connectivity index (χ1v) is 3.98. The van der Waals surface area contributed by atoms with E-state index in [1.807, 2.05) is 0 Å². The molecule has 0 spiro atoms. The Kier molecular flexibility index (Phi) is 2.61. The van der Waals surface area contributed by atoms with E-state index in [4.69, 9.17) is 6.42 Å². The third-order valence-electron chi connectivity index (χ3n) is 1.31. The first-order valence-electron chi connectivity index (χ1n) is 3.18. The van der Waals surface area contributed by atoms with Crippen LogP contribution in [0.1, 0.15) is 16.9 Å². The monoisotopic (exact) mass is 227 g/mol. The standard InChI is InChI=1S/C7H6BrN3O/c1-3-4-5(12)6-7(8)9-10-11(6)2/h1H,4H2,2H3. The fourth-order valence-electron chi connectivity index (χ4n) is 0.804. The molecule has 0 amide bonds. The van der Waals surface area contributed by atoms with Crippen LogP contribution in [0.2, 0.25) is 0 Å². The zero-order chi connectivity index (χ0) is 9.14. The number of rotatable bonds is 2. The maximum atomic E-state index is 11.3. The van der Waals surface area contributed by atoms with Crippen LogP contribution in [0.5, 0.6) is 0 Å². The number of hydrogen-bond donors (Lipinski definition) is 0. The van der Waals surface area contributed by atoms with Crippen molar-refractivity contribution >= 4 is 21.7 Å². The number of halogens is 1. The Bertz CT molecular complexity index is 331. The molecule has 0 saturated carbocycles. The lowest BCUT2D eigenvalue weighted by Crippen LogP contribution is -2.06. The normalized spacial score (nSPS) is 9.42. The van der Waals surface area contributed by atoms with Crippen LogP contribution >= 0.6 is 15.9 Å². The number of ketones is 1. The molecule has 0 bridgehead atoms. The van der Waals surface area contributed by atoms with E-state index in [2.05, 4.69) is 32.2 Å². The van der Waals surface area contributed by atoms with Gasteiger partial charge in [0.05, 0.1) is 6.42 Å². The predicted octanol–water partition coefficient (Wildman–Crippen LogP) is 0.784. The van der Waals surface area contributed by atoms with E-state index in [1.165, 1.54) is 4.68 Å². The van der Waals surface area contributed by atoms with Gasteiger partial charge in [0.15, 0.2) is 10.4 Å². The van der Waals surface area contributed by atoms with Gasteiger partial charge in [0, 0.05) is 7.05 Å². The van der Waals surface area contributed by atoms with Crippen LogP contribution in [0.3, 0.4) is 0 Å². The average Bonchev–Trinajstić information content (AvgIpc) is 2.32. The molecule has 62 valence electrons. The highest BCUT2D eigenvalue weighted by atomic mass is 79.9. The first kappa shape index (κ1) is 8.94. The van der Waals surface area contributed by atoms with Crippen molar-refractivity contribution in [3.05, 3.63) is 10.3 Å². The largest absolute Gasteiger partial charge is 0.291 e.